The second-order valence-corrected chi connectivity index (χ2v) is 23.0. The van der Waals surface area contributed by atoms with Crippen molar-refractivity contribution in [2.45, 2.75) is 74.6 Å². The Labute approximate surface area is 480 Å². The van der Waals surface area contributed by atoms with Gasteiger partial charge in [0, 0.05) is 37.6 Å². The number of hydrogen-bond acceptors (Lipinski definition) is 18. The Hall–Kier alpha value is -2.42. The summed E-state index contributed by atoms with van der Waals surface area (Å²) in [7, 11) is -20.5. The molecule has 0 bridgehead atoms. The molecule has 2 amide bonds. The minimum atomic E-state index is -5.86. The van der Waals surface area contributed by atoms with E-state index in [4.69, 9.17) is 30.0 Å². The molecule has 0 spiro atoms. The van der Waals surface area contributed by atoms with Crippen LogP contribution >= 0.6 is 15.6 Å². The molecule has 4 aromatic rings. The van der Waals surface area contributed by atoms with Crippen molar-refractivity contribution in [1.82, 2.24) is 19.2 Å². The largest absolute Gasteiger partial charge is 2.00 e. The summed E-state index contributed by atoms with van der Waals surface area (Å²) in [6, 6.07) is 24.1. The van der Waals surface area contributed by atoms with Crippen LogP contribution in [0.1, 0.15) is 38.8 Å². The van der Waals surface area contributed by atoms with Gasteiger partial charge in [0.2, 0.25) is 20.0 Å². The fourth-order valence-corrected chi connectivity index (χ4v) is 11.4. The monoisotopic (exact) mass is 1130 g/mol. The van der Waals surface area contributed by atoms with E-state index in [1.54, 1.807) is 88.4 Å². The zero-order valence-corrected chi connectivity index (χ0v) is 48.1. The number of ether oxygens (including phenoxy) is 2. The van der Waals surface area contributed by atoms with Gasteiger partial charge in [-0.05, 0) is 84.3 Å². The maximum absolute atomic E-state index is 13.9. The third-order valence-corrected chi connectivity index (χ3v) is 14.9. The first-order valence-corrected chi connectivity index (χ1v) is 27.6. The van der Waals surface area contributed by atoms with Crippen molar-refractivity contribution in [1.29, 1.82) is 0 Å². The second kappa shape index (κ2) is 30.4. The van der Waals surface area contributed by atoms with Crippen molar-refractivity contribution in [2.75, 3.05) is 50.9 Å². The van der Waals surface area contributed by atoms with Gasteiger partial charge >= 0.3 is 87.7 Å². The second-order valence-electron chi connectivity index (χ2n) is 16.9. The molecule has 0 heterocycles. The van der Waals surface area contributed by atoms with E-state index in [9.17, 15) is 55.1 Å². The predicted molar refractivity (Wildman–Crippen MR) is 262 cm³/mol. The molecule has 0 unspecified atom stereocenters. The van der Waals surface area contributed by atoms with Crippen LogP contribution in [0.3, 0.4) is 0 Å². The van der Waals surface area contributed by atoms with Crippen molar-refractivity contribution < 1.29 is 73.6 Å². The quantitative estimate of drug-likeness (QED) is 0.0282. The summed E-state index contributed by atoms with van der Waals surface area (Å²) in [5, 5.41) is 4.89. The van der Waals surface area contributed by atoms with Crippen molar-refractivity contribution >= 4 is 135 Å². The Morgan fingerprint density at radius 2 is 0.847 bits per heavy atom. The van der Waals surface area contributed by atoms with Crippen LogP contribution in [0.5, 0.6) is 0 Å². The minimum absolute atomic E-state index is 0. The zero-order chi connectivity index (χ0) is 51.9. The Morgan fingerprint density at radius 1 is 0.542 bits per heavy atom. The van der Waals surface area contributed by atoms with Gasteiger partial charge in [0.25, 0.3) is 0 Å². The SMILES string of the molecule is CC(C)CN(C[C@@H](OP(=O)([O-])[O-])[C@H](Cc1ccccc1)NC(=O)OCCOC(=O)N[C@@H](Cc1ccccc1)[C@@H](CN(CC(C)C)S(=O)(=O)c1ccc(N)cc1)OP(=O)([O-])[O-])S(=O)(=O)c1ccc(N)cc1.[Ca+2].[Ca+2]. The topological polar surface area (TPSA) is 348 Å². The number of phosphoric acid groups is 2. The third kappa shape index (κ3) is 22.8. The third-order valence-electron chi connectivity index (χ3n) is 10.1. The van der Waals surface area contributed by atoms with E-state index in [1.165, 1.54) is 48.5 Å². The zero-order valence-electron chi connectivity index (χ0n) is 40.2. The molecular formula is C44H58Ca2N6O16P2S2. The number of carbonyl (C=O) groups is 2. The number of sulfonamides is 2. The smallest absolute Gasteiger partial charge is 0.790 e. The summed E-state index contributed by atoms with van der Waals surface area (Å²) in [5.74, 6) is -0.636. The average molecular weight is 1130 g/mol. The van der Waals surface area contributed by atoms with Crippen LogP contribution < -0.4 is 41.7 Å². The van der Waals surface area contributed by atoms with Gasteiger partial charge in [0.15, 0.2) is 0 Å². The minimum Gasteiger partial charge on any atom is -0.790 e. The molecule has 0 aliphatic heterocycles. The summed E-state index contributed by atoms with van der Waals surface area (Å²) in [5.41, 5.74) is 13.1. The van der Waals surface area contributed by atoms with Gasteiger partial charge in [-0.15, -0.1) is 0 Å². The molecule has 4 atom stereocenters. The van der Waals surface area contributed by atoms with Gasteiger partial charge in [0.05, 0.1) is 49.7 Å². The van der Waals surface area contributed by atoms with E-state index in [1.807, 2.05) is 0 Å². The van der Waals surface area contributed by atoms with E-state index in [-0.39, 0.29) is 134 Å². The van der Waals surface area contributed by atoms with Crippen molar-refractivity contribution in [3.63, 3.8) is 0 Å². The number of nitrogens with zero attached hydrogens (tertiary/aromatic N) is 2. The number of rotatable bonds is 27. The molecule has 386 valence electrons. The fourth-order valence-electron chi connectivity index (χ4n) is 7.08. The van der Waals surface area contributed by atoms with Crippen LogP contribution in [0, 0.1) is 11.8 Å². The van der Waals surface area contributed by atoms with E-state index in [2.05, 4.69) is 10.6 Å². The summed E-state index contributed by atoms with van der Waals surface area (Å²) >= 11 is 0. The molecule has 6 N–H and O–H groups in total. The van der Waals surface area contributed by atoms with Crippen molar-refractivity contribution in [2.24, 2.45) is 11.8 Å². The first-order valence-electron chi connectivity index (χ1n) is 21.8. The molecule has 0 saturated carbocycles. The number of carbonyl (C=O) groups excluding carboxylic acids is 2. The number of anilines is 2. The van der Waals surface area contributed by atoms with Crippen LogP contribution in [-0.4, -0.2) is 177 Å². The van der Waals surface area contributed by atoms with Crippen LogP contribution in [-0.2, 0) is 60.5 Å². The van der Waals surface area contributed by atoms with Gasteiger partial charge in [-0.3, -0.25) is 0 Å². The van der Waals surface area contributed by atoms with Gasteiger partial charge < -0.3 is 69.3 Å². The van der Waals surface area contributed by atoms with Gasteiger partial charge in [0.1, 0.15) is 13.2 Å². The maximum atomic E-state index is 13.9. The average Bonchev–Trinajstić information content (AvgIpc) is 3.26. The molecule has 0 saturated heterocycles. The number of benzene rings is 4. The molecule has 0 aliphatic carbocycles. The Morgan fingerprint density at radius 3 is 1.12 bits per heavy atom. The number of nitrogen functional groups attached to an aromatic ring is 2. The molecule has 0 radical (unpaired) electrons. The van der Waals surface area contributed by atoms with Crippen molar-refractivity contribution in [3.05, 3.63) is 120 Å². The van der Waals surface area contributed by atoms with Crippen LogP contribution in [0.4, 0.5) is 21.0 Å². The molecule has 28 heteroatoms. The summed E-state index contributed by atoms with van der Waals surface area (Å²) < 4.78 is 102. The number of hydrogen-bond donors (Lipinski definition) is 4. The normalized spacial score (nSPS) is 13.9. The molecular weight excluding hydrogens is 1070 g/mol. The molecule has 22 nitrogen and oxygen atoms in total. The van der Waals surface area contributed by atoms with Gasteiger partial charge in [-0.25, -0.2) is 26.4 Å². The maximum Gasteiger partial charge on any atom is 2.00 e. The molecule has 4 aromatic carbocycles. The van der Waals surface area contributed by atoms with Crippen LogP contribution in [0.15, 0.2) is 119 Å². The summed E-state index contributed by atoms with van der Waals surface area (Å²) in [4.78, 5) is 75.2. The first-order chi connectivity index (χ1) is 32.7. The Balaban J connectivity index is 0.00000888. The summed E-state index contributed by atoms with van der Waals surface area (Å²) in [6.45, 7) is 3.72. The van der Waals surface area contributed by atoms with Gasteiger partial charge in [-0.2, -0.15) is 8.61 Å². The summed E-state index contributed by atoms with van der Waals surface area (Å²) in [6.07, 6.45) is -6.48. The number of alkyl carbamates (subject to hydrolysis) is 2. The number of amides is 2. The van der Waals surface area contributed by atoms with Crippen LogP contribution in [0.2, 0.25) is 0 Å². The van der Waals surface area contributed by atoms with Gasteiger partial charge in [-0.1, -0.05) is 88.4 Å². The van der Waals surface area contributed by atoms with Crippen molar-refractivity contribution in [3.8, 4) is 0 Å². The standard InChI is InChI=1S/C44H62N6O16P2S2.2Ca/c1-31(2)27-49(69(59,60)37-19-15-35(45)16-20-37)29-41(65-67(53,54)55)39(25-33-11-7-5-8-12-33)47-43(51)63-23-24-64-44(52)48-40(26-34-13-9-6-10-14-34)42(66-68(56,57)58)30-50(28-32(3)4)70(61,62)38-21-17-36(46)18-22-38;;/h5-22,31-32,39-42H,23-30,45-46H2,1-4H3,(H,47,51)(H,48,52)(H2,53,54,55)(H2,56,57,58);;/q;2*+2/p-4/t39-,40-,41+,42+;;/m0../s1. The Kier molecular flexibility index (Phi) is 27.7. The predicted octanol–water partition coefficient (Wildman–Crippen LogP) is 1.19. The Bertz CT molecular complexity index is 2440. The van der Waals surface area contributed by atoms with E-state index >= 15 is 0 Å². The number of nitrogens with one attached hydrogen (secondary N) is 2. The number of phosphoric ester groups is 2. The first kappa shape index (κ1) is 65.7. The van der Waals surface area contributed by atoms with E-state index in [0.717, 1.165) is 8.61 Å². The van der Waals surface area contributed by atoms with Crippen LogP contribution in [0.25, 0.3) is 0 Å². The van der Waals surface area contributed by atoms with E-state index < -0.39 is 98.5 Å². The molecule has 0 aliphatic rings. The number of nitrogens with two attached hydrogens (primary N) is 2. The molecule has 4 rings (SSSR count). The molecule has 0 aromatic heterocycles. The van der Waals surface area contributed by atoms with E-state index in [0.29, 0.717) is 11.1 Å². The molecule has 0 fully saturated rings. The molecule has 72 heavy (non-hydrogen) atoms. The fraction of sp³-hybridized carbons (Fsp3) is 0.409.